The summed E-state index contributed by atoms with van der Waals surface area (Å²) >= 11 is 0. The lowest BCUT2D eigenvalue weighted by Crippen LogP contribution is -2.45. The summed E-state index contributed by atoms with van der Waals surface area (Å²) in [5, 5.41) is 0. The SMILES string of the molecule is CN1CCN(CCOC(=O)c2ccc(F)cc2N)CC1. The minimum Gasteiger partial charge on any atom is -0.461 e. The number of likely N-dealkylation sites (N-methyl/N-ethyl adjacent to an activating group) is 1. The highest BCUT2D eigenvalue weighted by Gasteiger charge is 2.15. The number of ether oxygens (including phenoxy) is 1. The summed E-state index contributed by atoms with van der Waals surface area (Å²) in [5.74, 6) is -0.965. The fourth-order valence-electron chi connectivity index (χ4n) is 2.14. The van der Waals surface area contributed by atoms with Gasteiger partial charge in [0.25, 0.3) is 0 Å². The van der Waals surface area contributed by atoms with Crippen LogP contribution in [0.3, 0.4) is 0 Å². The van der Waals surface area contributed by atoms with Crippen molar-refractivity contribution in [1.29, 1.82) is 0 Å². The molecule has 1 aromatic rings. The third kappa shape index (κ3) is 3.91. The van der Waals surface area contributed by atoms with Crippen LogP contribution in [0.5, 0.6) is 0 Å². The molecule has 0 saturated carbocycles. The predicted octanol–water partition coefficient (Wildman–Crippen LogP) is 0.812. The summed E-state index contributed by atoms with van der Waals surface area (Å²) in [6.07, 6.45) is 0. The maximum absolute atomic E-state index is 12.9. The quantitative estimate of drug-likeness (QED) is 0.654. The number of carbonyl (C=O) groups excluding carboxylic acids is 1. The maximum atomic E-state index is 12.9. The van der Waals surface area contributed by atoms with E-state index in [-0.39, 0.29) is 11.3 Å². The van der Waals surface area contributed by atoms with Crippen LogP contribution in [-0.4, -0.2) is 62.1 Å². The largest absolute Gasteiger partial charge is 0.461 e. The number of nitrogen functional groups attached to an aromatic ring is 1. The van der Waals surface area contributed by atoms with Crippen molar-refractivity contribution >= 4 is 11.7 Å². The number of piperazine rings is 1. The number of rotatable bonds is 4. The summed E-state index contributed by atoms with van der Waals surface area (Å²) in [6.45, 7) is 5.04. The van der Waals surface area contributed by atoms with Gasteiger partial charge >= 0.3 is 5.97 Å². The molecule has 1 heterocycles. The number of anilines is 1. The molecule has 1 aromatic carbocycles. The molecular formula is C14H20FN3O2. The second-order valence-corrected chi connectivity index (χ2v) is 5.01. The van der Waals surface area contributed by atoms with Crippen molar-refractivity contribution in [2.75, 3.05) is 52.1 Å². The fourth-order valence-corrected chi connectivity index (χ4v) is 2.14. The van der Waals surface area contributed by atoms with Gasteiger partial charge in [0.2, 0.25) is 0 Å². The van der Waals surface area contributed by atoms with Gasteiger partial charge in [-0.1, -0.05) is 0 Å². The van der Waals surface area contributed by atoms with E-state index < -0.39 is 11.8 Å². The van der Waals surface area contributed by atoms with Crippen molar-refractivity contribution < 1.29 is 13.9 Å². The van der Waals surface area contributed by atoms with Crippen LogP contribution in [0.15, 0.2) is 18.2 Å². The Morgan fingerprint density at radius 3 is 2.70 bits per heavy atom. The van der Waals surface area contributed by atoms with Crippen LogP contribution in [0.4, 0.5) is 10.1 Å². The zero-order valence-electron chi connectivity index (χ0n) is 11.6. The second kappa shape index (κ2) is 6.67. The molecule has 2 rings (SSSR count). The highest BCUT2D eigenvalue weighted by molar-refractivity contribution is 5.94. The van der Waals surface area contributed by atoms with E-state index in [4.69, 9.17) is 10.5 Å². The number of carbonyl (C=O) groups is 1. The van der Waals surface area contributed by atoms with Crippen molar-refractivity contribution in [1.82, 2.24) is 9.80 Å². The van der Waals surface area contributed by atoms with Gasteiger partial charge in [0.15, 0.2) is 0 Å². The zero-order valence-corrected chi connectivity index (χ0v) is 11.6. The molecular weight excluding hydrogens is 261 g/mol. The molecule has 6 heteroatoms. The Hall–Kier alpha value is -1.66. The number of esters is 1. The maximum Gasteiger partial charge on any atom is 0.340 e. The van der Waals surface area contributed by atoms with Gasteiger partial charge in [-0.25, -0.2) is 9.18 Å². The number of halogens is 1. The zero-order chi connectivity index (χ0) is 14.5. The lowest BCUT2D eigenvalue weighted by molar-refractivity contribution is 0.0433. The van der Waals surface area contributed by atoms with Gasteiger partial charge in [0, 0.05) is 38.4 Å². The first-order valence-corrected chi connectivity index (χ1v) is 6.69. The molecule has 5 nitrogen and oxygen atoms in total. The summed E-state index contributed by atoms with van der Waals surface area (Å²) in [6, 6.07) is 3.67. The first-order valence-electron chi connectivity index (χ1n) is 6.69. The van der Waals surface area contributed by atoms with Crippen LogP contribution < -0.4 is 5.73 Å². The molecule has 0 aromatic heterocycles. The Kier molecular flexibility index (Phi) is 4.92. The molecule has 110 valence electrons. The van der Waals surface area contributed by atoms with Crippen molar-refractivity contribution in [2.24, 2.45) is 0 Å². The summed E-state index contributed by atoms with van der Waals surface area (Å²) in [4.78, 5) is 16.3. The monoisotopic (exact) mass is 281 g/mol. The van der Waals surface area contributed by atoms with Gasteiger partial charge < -0.3 is 15.4 Å². The average molecular weight is 281 g/mol. The number of benzene rings is 1. The van der Waals surface area contributed by atoms with Crippen molar-refractivity contribution in [3.63, 3.8) is 0 Å². The first-order chi connectivity index (χ1) is 9.56. The molecule has 0 atom stereocenters. The van der Waals surface area contributed by atoms with Gasteiger partial charge in [-0.3, -0.25) is 4.90 Å². The van der Waals surface area contributed by atoms with E-state index in [2.05, 4.69) is 16.8 Å². The Morgan fingerprint density at radius 2 is 2.05 bits per heavy atom. The molecule has 0 bridgehead atoms. The van der Waals surface area contributed by atoms with Crippen LogP contribution in [-0.2, 0) is 4.74 Å². The summed E-state index contributed by atoms with van der Waals surface area (Å²) < 4.78 is 18.1. The van der Waals surface area contributed by atoms with Crippen molar-refractivity contribution in [2.45, 2.75) is 0 Å². The fraction of sp³-hybridized carbons (Fsp3) is 0.500. The summed E-state index contributed by atoms with van der Waals surface area (Å²) in [5.41, 5.74) is 5.91. The van der Waals surface area contributed by atoms with E-state index in [1.165, 1.54) is 12.1 Å². The van der Waals surface area contributed by atoms with Gasteiger partial charge in [-0.2, -0.15) is 0 Å². The van der Waals surface area contributed by atoms with Gasteiger partial charge in [0.05, 0.1) is 5.56 Å². The first kappa shape index (κ1) is 14.7. The number of nitrogens with zero attached hydrogens (tertiary/aromatic N) is 2. The molecule has 1 aliphatic heterocycles. The van der Waals surface area contributed by atoms with E-state index in [0.29, 0.717) is 13.2 Å². The third-order valence-electron chi connectivity index (χ3n) is 3.47. The Bertz CT molecular complexity index is 473. The lowest BCUT2D eigenvalue weighted by Gasteiger charge is -2.32. The topological polar surface area (TPSA) is 58.8 Å². The predicted molar refractivity (Wildman–Crippen MR) is 75.0 cm³/mol. The van der Waals surface area contributed by atoms with Crippen molar-refractivity contribution in [3.8, 4) is 0 Å². The highest BCUT2D eigenvalue weighted by atomic mass is 19.1. The molecule has 0 unspecified atom stereocenters. The number of hydrogen-bond donors (Lipinski definition) is 1. The van der Waals surface area contributed by atoms with Gasteiger partial charge in [0.1, 0.15) is 12.4 Å². The summed E-state index contributed by atoms with van der Waals surface area (Å²) in [7, 11) is 2.09. The van der Waals surface area contributed by atoms with Crippen LogP contribution >= 0.6 is 0 Å². The van der Waals surface area contributed by atoms with E-state index in [1.807, 2.05) is 0 Å². The van der Waals surface area contributed by atoms with Crippen LogP contribution in [0.2, 0.25) is 0 Å². The lowest BCUT2D eigenvalue weighted by atomic mass is 10.2. The van der Waals surface area contributed by atoms with E-state index in [1.54, 1.807) is 0 Å². The molecule has 1 saturated heterocycles. The average Bonchev–Trinajstić information content (AvgIpc) is 2.41. The smallest absolute Gasteiger partial charge is 0.340 e. The van der Waals surface area contributed by atoms with Crippen LogP contribution in [0.1, 0.15) is 10.4 Å². The molecule has 0 radical (unpaired) electrons. The van der Waals surface area contributed by atoms with Crippen molar-refractivity contribution in [3.05, 3.63) is 29.6 Å². The Morgan fingerprint density at radius 1 is 1.35 bits per heavy atom. The molecule has 20 heavy (non-hydrogen) atoms. The molecule has 0 amide bonds. The second-order valence-electron chi connectivity index (χ2n) is 5.01. The minimum absolute atomic E-state index is 0.106. The highest BCUT2D eigenvalue weighted by Crippen LogP contribution is 2.14. The van der Waals surface area contributed by atoms with E-state index in [0.717, 1.165) is 32.2 Å². The number of nitrogens with two attached hydrogens (primary N) is 1. The van der Waals surface area contributed by atoms with Crippen LogP contribution in [0.25, 0.3) is 0 Å². The Labute approximate surface area is 118 Å². The standard InChI is InChI=1S/C14H20FN3O2/c1-17-4-6-18(7-5-17)8-9-20-14(19)12-3-2-11(15)10-13(12)16/h2-3,10H,4-9,16H2,1H3. The Balaban J connectivity index is 1.77. The van der Waals surface area contributed by atoms with E-state index >= 15 is 0 Å². The van der Waals surface area contributed by atoms with Gasteiger partial charge in [-0.15, -0.1) is 0 Å². The van der Waals surface area contributed by atoms with Gasteiger partial charge in [-0.05, 0) is 25.2 Å². The molecule has 2 N–H and O–H groups in total. The minimum atomic E-state index is -0.503. The van der Waals surface area contributed by atoms with E-state index in [9.17, 15) is 9.18 Å². The molecule has 1 aliphatic rings. The molecule has 0 spiro atoms. The van der Waals surface area contributed by atoms with Crippen LogP contribution in [0, 0.1) is 5.82 Å². The number of hydrogen-bond acceptors (Lipinski definition) is 5. The third-order valence-corrected chi connectivity index (χ3v) is 3.47. The molecule has 0 aliphatic carbocycles. The molecule has 1 fully saturated rings. The normalized spacial score (nSPS) is 17.1.